The molecule has 3 rings (SSSR count). The zero-order valence-electron chi connectivity index (χ0n) is 12.0. The van der Waals surface area contributed by atoms with Gasteiger partial charge in [0.15, 0.2) is 0 Å². The van der Waals surface area contributed by atoms with Crippen LogP contribution in [0.4, 0.5) is 4.39 Å². The van der Waals surface area contributed by atoms with E-state index in [0.717, 1.165) is 43.2 Å². The first kappa shape index (κ1) is 14.1. The predicted octanol–water partition coefficient (Wildman–Crippen LogP) is 3.27. The number of carbonyl (C=O) groups is 1. The molecule has 0 radical (unpaired) electrons. The van der Waals surface area contributed by atoms with Gasteiger partial charge in [-0.05, 0) is 55.7 Å². The lowest BCUT2D eigenvalue weighted by atomic mass is 9.97. The molecule has 1 aromatic carbocycles. The van der Waals surface area contributed by atoms with Crippen molar-refractivity contribution in [1.29, 1.82) is 0 Å². The maximum atomic E-state index is 13.0. The zero-order valence-corrected chi connectivity index (χ0v) is 12.0. The summed E-state index contributed by atoms with van der Waals surface area (Å²) in [6, 6.07) is 6.91. The number of rotatable bonds is 3. The van der Waals surface area contributed by atoms with E-state index >= 15 is 0 Å². The van der Waals surface area contributed by atoms with Crippen LogP contribution < -0.4 is 5.32 Å². The second kappa shape index (κ2) is 6.29. The molecule has 112 valence electrons. The van der Waals surface area contributed by atoms with Crippen molar-refractivity contribution < 1.29 is 13.9 Å². The third-order valence-electron chi connectivity index (χ3n) is 4.33. The minimum Gasteiger partial charge on any atom is -0.501 e. The van der Waals surface area contributed by atoms with Gasteiger partial charge in [0.2, 0.25) is 0 Å². The standard InChI is InChI=1S/C17H20FNO2/c18-15-6-3-12(4-7-15)13-5-8-16(10-13)19-17(20)14-2-1-9-21-11-14/h3-4,6-7,11,13,16H,1-2,5,8-10H2,(H,19,20)/t13-,16+/m1/s1. The number of halogens is 1. The number of ether oxygens (including phenoxy) is 1. The molecule has 1 heterocycles. The fourth-order valence-electron chi connectivity index (χ4n) is 3.16. The number of amides is 1. The van der Waals surface area contributed by atoms with E-state index in [1.54, 1.807) is 6.26 Å². The molecule has 0 saturated heterocycles. The maximum absolute atomic E-state index is 13.0. The summed E-state index contributed by atoms with van der Waals surface area (Å²) >= 11 is 0. The van der Waals surface area contributed by atoms with E-state index in [0.29, 0.717) is 12.5 Å². The summed E-state index contributed by atoms with van der Waals surface area (Å²) in [5.74, 6) is 0.206. The van der Waals surface area contributed by atoms with Crippen molar-refractivity contribution >= 4 is 5.91 Å². The van der Waals surface area contributed by atoms with E-state index in [1.165, 1.54) is 12.1 Å². The molecule has 0 bridgehead atoms. The molecule has 0 aromatic heterocycles. The molecule has 21 heavy (non-hydrogen) atoms. The van der Waals surface area contributed by atoms with Gasteiger partial charge in [0.1, 0.15) is 5.82 Å². The summed E-state index contributed by atoms with van der Waals surface area (Å²) < 4.78 is 18.2. The number of hydrogen-bond donors (Lipinski definition) is 1. The Morgan fingerprint density at radius 3 is 2.76 bits per heavy atom. The Hall–Kier alpha value is -1.84. The largest absolute Gasteiger partial charge is 0.501 e. The topological polar surface area (TPSA) is 38.3 Å². The minimum atomic E-state index is -0.203. The van der Waals surface area contributed by atoms with E-state index in [2.05, 4.69) is 5.32 Å². The quantitative estimate of drug-likeness (QED) is 0.927. The number of hydrogen-bond acceptors (Lipinski definition) is 2. The fourth-order valence-corrected chi connectivity index (χ4v) is 3.16. The van der Waals surface area contributed by atoms with Crippen molar-refractivity contribution in [2.75, 3.05) is 6.61 Å². The third kappa shape index (κ3) is 3.43. The molecule has 1 aliphatic heterocycles. The highest BCUT2D eigenvalue weighted by Crippen LogP contribution is 2.34. The molecule has 1 N–H and O–H groups in total. The molecule has 1 aromatic rings. The van der Waals surface area contributed by atoms with Gasteiger partial charge in [0, 0.05) is 6.04 Å². The van der Waals surface area contributed by atoms with Crippen molar-refractivity contribution in [1.82, 2.24) is 5.32 Å². The van der Waals surface area contributed by atoms with Gasteiger partial charge in [-0.25, -0.2) is 4.39 Å². The predicted molar refractivity (Wildman–Crippen MR) is 78.2 cm³/mol. The van der Waals surface area contributed by atoms with Crippen LogP contribution in [0.15, 0.2) is 36.1 Å². The van der Waals surface area contributed by atoms with Crippen LogP contribution in [0.5, 0.6) is 0 Å². The van der Waals surface area contributed by atoms with Crippen LogP contribution in [0, 0.1) is 5.82 Å². The molecular formula is C17H20FNO2. The molecule has 1 saturated carbocycles. The van der Waals surface area contributed by atoms with Crippen LogP contribution >= 0.6 is 0 Å². The highest BCUT2D eigenvalue weighted by atomic mass is 19.1. The highest BCUT2D eigenvalue weighted by Gasteiger charge is 2.28. The van der Waals surface area contributed by atoms with E-state index in [9.17, 15) is 9.18 Å². The van der Waals surface area contributed by atoms with E-state index in [1.807, 2.05) is 12.1 Å². The van der Waals surface area contributed by atoms with Gasteiger partial charge >= 0.3 is 0 Å². The molecule has 1 amide bonds. The van der Waals surface area contributed by atoms with Crippen LogP contribution in [0.25, 0.3) is 0 Å². The summed E-state index contributed by atoms with van der Waals surface area (Å²) in [4.78, 5) is 12.1. The lowest BCUT2D eigenvalue weighted by Crippen LogP contribution is -2.34. The van der Waals surface area contributed by atoms with E-state index in [4.69, 9.17) is 4.74 Å². The van der Waals surface area contributed by atoms with Crippen LogP contribution in [0.3, 0.4) is 0 Å². The molecule has 1 fully saturated rings. The SMILES string of the molecule is O=C(N[C@H]1CC[C@@H](c2ccc(F)cc2)C1)C1=COCCC1. The lowest BCUT2D eigenvalue weighted by molar-refractivity contribution is -0.118. The molecule has 0 spiro atoms. The van der Waals surface area contributed by atoms with Gasteiger partial charge < -0.3 is 10.1 Å². The summed E-state index contributed by atoms with van der Waals surface area (Å²) in [6.45, 7) is 0.701. The first-order chi connectivity index (χ1) is 10.2. The van der Waals surface area contributed by atoms with Crippen LogP contribution in [-0.4, -0.2) is 18.6 Å². The Balaban J connectivity index is 1.56. The van der Waals surface area contributed by atoms with Crippen molar-refractivity contribution in [2.45, 2.75) is 44.1 Å². The van der Waals surface area contributed by atoms with Crippen LogP contribution in [0.1, 0.15) is 43.6 Å². The van der Waals surface area contributed by atoms with E-state index < -0.39 is 0 Å². The zero-order chi connectivity index (χ0) is 14.7. The van der Waals surface area contributed by atoms with Gasteiger partial charge in [-0.3, -0.25) is 4.79 Å². The molecular weight excluding hydrogens is 269 g/mol. The Morgan fingerprint density at radius 1 is 1.24 bits per heavy atom. The summed E-state index contributed by atoms with van der Waals surface area (Å²) in [6.07, 6.45) is 6.22. The number of carbonyl (C=O) groups excluding carboxylic acids is 1. The van der Waals surface area contributed by atoms with Crippen LogP contribution in [0.2, 0.25) is 0 Å². The maximum Gasteiger partial charge on any atom is 0.250 e. The first-order valence-electron chi connectivity index (χ1n) is 7.59. The smallest absolute Gasteiger partial charge is 0.250 e. The van der Waals surface area contributed by atoms with Crippen LogP contribution in [-0.2, 0) is 9.53 Å². The molecule has 3 nitrogen and oxygen atoms in total. The Morgan fingerprint density at radius 2 is 2.05 bits per heavy atom. The molecule has 0 unspecified atom stereocenters. The molecule has 2 atom stereocenters. The normalized spacial score (nSPS) is 25.1. The average Bonchev–Trinajstić information content (AvgIpc) is 2.97. The van der Waals surface area contributed by atoms with Crippen molar-refractivity contribution in [2.24, 2.45) is 0 Å². The van der Waals surface area contributed by atoms with Crippen molar-refractivity contribution in [3.8, 4) is 0 Å². The third-order valence-corrected chi connectivity index (χ3v) is 4.33. The number of benzene rings is 1. The minimum absolute atomic E-state index is 0.000504. The lowest BCUT2D eigenvalue weighted by Gasteiger charge is -2.17. The second-order valence-electron chi connectivity index (χ2n) is 5.85. The average molecular weight is 289 g/mol. The van der Waals surface area contributed by atoms with E-state index in [-0.39, 0.29) is 17.8 Å². The number of nitrogens with one attached hydrogen (secondary N) is 1. The second-order valence-corrected chi connectivity index (χ2v) is 5.85. The summed E-state index contributed by atoms with van der Waals surface area (Å²) in [5, 5.41) is 3.10. The monoisotopic (exact) mass is 289 g/mol. The van der Waals surface area contributed by atoms with Gasteiger partial charge in [-0.15, -0.1) is 0 Å². The fraction of sp³-hybridized carbons (Fsp3) is 0.471. The molecule has 4 heteroatoms. The van der Waals surface area contributed by atoms with Gasteiger partial charge in [-0.2, -0.15) is 0 Å². The highest BCUT2D eigenvalue weighted by molar-refractivity contribution is 5.93. The Kier molecular flexibility index (Phi) is 4.23. The Labute approximate surface area is 124 Å². The molecule has 1 aliphatic carbocycles. The van der Waals surface area contributed by atoms with Crippen molar-refractivity contribution in [3.63, 3.8) is 0 Å². The van der Waals surface area contributed by atoms with Gasteiger partial charge in [-0.1, -0.05) is 12.1 Å². The van der Waals surface area contributed by atoms with Gasteiger partial charge in [0.05, 0.1) is 18.4 Å². The first-order valence-corrected chi connectivity index (χ1v) is 7.59. The van der Waals surface area contributed by atoms with Gasteiger partial charge in [0.25, 0.3) is 5.91 Å². The summed E-state index contributed by atoms with van der Waals surface area (Å²) in [7, 11) is 0. The van der Waals surface area contributed by atoms with Crippen molar-refractivity contribution in [3.05, 3.63) is 47.5 Å². The summed E-state index contributed by atoms with van der Waals surface area (Å²) in [5.41, 5.74) is 1.90. The Bertz CT molecular complexity index is 538. The molecule has 2 aliphatic rings.